The molecule has 4 nitrogen and oxygen atoms in total. The molecule has 0 aliphatic rings. The van der Waals surface area contributed by atoms with Gasteiger partial charge in [-0.2, -0.15) is 0 Å². The zero-order chi connectivity index (χ0) is 22.1. The van der Waals surface area contributed by atoms with Gasteiger partial charge in [-0.1, -0.05) is 73.5 Å². The van der Waals surface area contributed by atoms with Crippen LogP contribution < -0.4 is 5.32 Å². The number of nitrogens with zero attached hydrogens (tertiary/aromatic N) is 1. The predicted octanol–water partition coefficient (Wildman–Crippen LogP) is 5.07. The molecule has 0 bridgehead atoms. The Labute approximate surface area is 189 Å². The Bertz CT molecular complexity index is 839. The lowest BCUT2D eigenvalue weighted by Gasteiger charge is -2.29. The number of aryl methyl sites for hydroxylation is 1. The molecule has 0 saturated carbocycles. The van der Waals surface area contributed by atoms with E-state index in [9.17, 15) is 9.59 Å². The van der Waals surface area contributed by atoms with Gasteiger partial charge >= 0.3 is 0 Å². The number of carbonyl (C=O) groups excluding carboxylic acids is 2. The lowest BCUT2D eigenvalue weighted by molar-refractivity contribution is -0.138. The molecule has 2 amide bonds. The van der Waals surface area contributed by atoms with Crippen LogP contribution >= 0.6 is 23.4 Å². The molecule has 6 heteroatoms. The zero-order valence-corrected chi connectivity index (χ0v) is 19.7. The van der Waals surface area contributed by atoms with Crippen LogP contribution in [-0.2, 0) is 21.9 Å². The van der Waals surface area contributed by atoms with Gasteiger partial charge in [-0.25, -0.2) is 0 Å². The maximum Gasteiger partial charge on any atom is 0.242 e. The van der Waals surface area contributed by atoms with Gasteiger partial charge in [-0.05, 0) is 37.0 Å². The molecule has 1 atom stereocenters. The van der Waals surface area contributed by atoms with Crippen LogP contribution in [0.2, 0.25) is 5.02 Å². The minimum atomic E-state index is -0.576. The van der Waals surface area contributed by atoms with Crippen LogP contribution in [0.4, 0.5) is 0 Å². The van der Waals surface area contributed by atoms with Crippen molar-refractivity contribution in [2.45, 2.75) is 46.0 Å². The van der Waals surface area contributed by atoms with Crippen molar-refractivity contribution in [1.29, 1.82) is 0 Å². The second kappa shape index (κ2) is 12.0. The summed E-state index contributed by atoms with van der Waals surface area (Å²) in [6.45, 7) is 8.80. The zero-order valence-electron chi connectivity index (χ0n) is 18.2. The van der Waals surface area contributed by atoms with E-state index in [2.05, 4.69) is 36.5 Å². The maximum absolute atomic E-state index is 13.1. The van der Waals surface area contributed by atoms with Gasteiger partial charge in [0.2, 0.25) is 11.8 Å². The highest BCUT2D eigenvalue weighted by atomic mass is 35.5. The Hall–Kier alpha value is -1.98. The number of hydrogen-bond acceptors (Lipinski definition) is 3. The van der Waals surface area contributed by atoms with Crippen LogP contribution in [0.15, 0.2) is 48.5 Å². The quantitative estimate of drug-likeness (QED) is 0.554. The molecule has 0 aliphatic heterocycles. The Morgan fingerprint density at radius 3 is 2.37 bits per heavy atom. The molecule has 0 spiro atoms. The van der Waals surface area contributed by atoms with Crippen LogP contribution in [0, 0.1) is 12.8 Å². The number of rotatable bonds is 10. The lowest BCUT2D eigenvalue weighted by atomic mass is 10.1. The second-order valence-corrected chi connectivity index (χ2v) is 9.30. The summed E-state index contributed by atoms with van der Waals surface area (Å²) in [4.78, 5) is 27.3. The van der Waals surface area contributed by atoms with Gasteiger partial charge in [0.1, 0.15) is 6.04 Å². The highest BCUT2D eigenvalue weighted by Crippen LogP contribution is 2.20. The predicted molar refractivity (Wildman–Crippen MR) is 127 cm³/mol. The average molecular weight is 447 g/mol. The van der Waals surface area contributed by atoms with E-state index in [1.807, 2.05) is 32.0 Å². The van der Waals surface area contributed by atoms with Crippen LogP contribution in [-0.4, -0.2) is 35.1 Å². The third-order valence-electron chi connectivity index (χ3n) is 4.77. The lowest BCUT2D eigenvalue weighted by Crippen LogP contribution is -2.48. The van der Waals surface area contributed by atoms with Crippen molar-refractivity contribution in [3.8, 4) is 0 Å². The minimum Gasteiger partial charge on any atom is -0.354 e. The van der Waals surface area contributed by atoms with Crippen LogP contribution in [0.1, 0.15) is 37.5 Å². The standard InChI is InChI=1S/C24H31ClN2O2S/c1-17(2)13-26-24(29)19(4)27(14-21-7-5-6-8-22(21)25)23(28)16-30-15-20-11-9-18(3)10-12-20/h5-12,17,19H,13-16H2,1-4H3,(H,26,29)/t19-/m0/s1. The number of thioether (sulfide) groups is 1. The number of halogens is 1. The number of nitrogens with one attached hydrogen (secondary N) is 1. The van der Waals surface area contributed by atoms with E-state index in [0.717, 1.165) is 11.3 Å². The molecule has 0 aromatic heterocycles. The smallest absolute Gasteiger partial charge is 0.242 e. The van der Waals surface area contributed by atoms with E-state index in [0.29, 0.717) is 29.8 Å². The van der Waals surface area contributed by atoms with Crippen molar-refractivity contribution < 1.29 is 9.59 Å². The summed E-state index contributed by atoms with van der Waals surface area (Å²) in [5, 5.41) is 3.53. The molecular formula is C24H31ClN2O2S. The summed E-state index contributed by atoms with van der Waals surface area (Å²) in [6, 6.07) is 15.2. The van der Waals surface area contributed by atoms with Crippen LogP contribution in [0.5, 0.6) is 0 Å². The topological polar surface area (TPSA) is 49.4 Å². The van der Waals surface area contributed by atoms with Gasteiger partial charge in [0.25, 0.3) is 0 Å². The van der Waals surface area contributed by atoms with Crippen molar-refractivity contribution in [3.63, 3.8) is 0 Å². The third-order valence-corrected chi connectivity index (χ3v) is 6.12. The van der Waals surface area contributed by atoms with E-state index < -0.39 is 6.04 Å². The number of hydrogen-bond donors (Lipinski definition) is 1. The Morgan fingerprint density at radius 1 is 1.07 bits per heavy atom. The molecule has 0 radical (unpaired) electrons. The molecule has 30 heavy (non-hydrogen) atoms. The van der Waals surface area contributed by atoms with Crippen molar-refractivity contribution in [3.05, 3.63) is 70.2 Å². The van der Waals surface area contributed by atoms with E-state index >= 15 is 0 Å². The summed E-state index contributed by atoms with van der Waals surface area (Å²) in [5.41, 5.74) is 3.23. The number of amides is 2. The fourth-order valence-corrected chi connectivity index (χ4v) is 3.93. The summed E-state index contributed by atoms with van der Waals surface area (Å²) >= 11 is 7.87. The summed E-state index contributed by atoms with van der Waals surface area (Å²) in [6.07, 6.45) is 0. The first kappa shape index (κ1) is 24.3. The fraction of sp³-hybridized carbons (Fsp3) is 0.417. The van der Waals surface area contributed by atoms with Crippen molar-refractivity contribution in [2.75, 3.05) is 12.3 Å². The second-order valence-electron chi connectivity index (χ2n) is 7.91. The highest BCUT2D eigenvalue weighted by molar-refractivity contribution is 7.99. The van der Waals surface area contributed by atoms with Crippen LogP contribution in [0.25, 0.3) is 0 Å². The molecule has 0 heterocycles. The molecule has 162 valence electrons. The maximum atomic E-state index is 13.1. The molecule has 0 aliphatic carbocycles. The molecule has 0 saturated heterocycles. The molecule has 2 rings (SSSR count). The first-order valence-corrected chi connectivity index (χ1v) is 11.7. The Morgan fingerprint density at radius 2 is 1.73 bits per heavy atom. The van der Waals surface area contributed by atoms with E-state index in [4.69, 9.17) is 11.6 Å². The first-order valence-electron chi connectivity index (χ1n) is 10.2. The van der Waals surface area contributed by atoms with Crippen molar-refractivity contribution in [2.24, 2.45) is 5.92 Å². The van der Waals surface area contributed by atoms with Gasteiger partial charge < -0.3 is 10.2 Å². The molecule has 2 aromatic rings. The highest BCUT2D eigenvalue weighted by Gasteiger charge is 2.26. The average Bonchev–Trinajstić information content (AvgIpc) is 2.72. The van der Waals surface area contributed by atoms with Gasteiger partial charge in [-0.3, -0.25) is 9.59 Å². The Balaban J connectivity index is 2.06. The van der Waals surface area contributed by atoms with E-state index in [1.54, 1.807) is 29.7 Å². The van der Waals surface area contributed by atoms with Gasteiger partial charge in [0.15, 0.2) is 0 Å². The molecule has 1 N–H and O–H groups in total. The largest absolute Gasteiger partial charge is 0.354 e. The summed E-state index contributed by atoms with van der Waals surface area (Å²) in [5.74, 6) is 1.19. The van der Waals surface area contributed by atoms with Gasteiger partial charge in [-0.15, -0.1) is 11.8 Å². The number of carbonyl (C=O) groups is 2. The summed E-state index contributed by atoms with van der Waals surface area (Å²) in [7, 11) is 0. The van der Waals surface area contributed by atoms with Gasteiger partial charge in [0.05, 0.1) is 5.75 Å². The summed E-state index contributed by atoms with van der Waals surface area (Å²) < 4.78 is 0. The van der Waals surface area contributed by atoms with Crippen molar-refractivity contribution in [1.82, 2.24) is 10.2 Å². The monoisotopic (exact) mass is 446 g/mol. The van der Waals surface area contributed by atoms with Crippen LogP contribution in [0.3, 0.4) is 0 Å². The molecule has 2 aromatic carbocycles. The molecule has 0 unspecified atom stereocenters. The molecular weight excluding hydrogens is 416 g/mol. The van der Waals surface area contributed by atoms with E-state index in [1.165, 1.54) is 11.1 Å². The fourth-order valence-electron chi connectivity index (χ4n) is 2.87. The molecule has 0 fully saturated rings. The SMILES string of the molecule is Cc1ccc(CSCC(=O)N(Cc2ccccc2Cl)[C@@H](C)C(=O)NCC(C)C)cc1. The Kier molecular flexibility index (Phi) is 9.73. The minimum absolute atomic E-state index is 0.0702. The first-order chi connectivity index (χ1) is 14.3. The van der Waals surface area contributed by atoms with E-state index in [-0.39, 0.29) is 11.8 Å². The van der Waals surface area contributed by atoms with Gasteiger partial charge in [0, 0.05) is 23.9 Å². The van der Waals surface area contributed by atoms with Crippen molar-refractivity contribution >= 4 is 35.2 Å². The third kappa shape index (κ3) is 7.69. The number of benzene rings is 2. The normalized spacial score (nSPS) is 11.9.